The van der Waals surface area contributed by atoms with Crippen LogP contribution in [-0.2, 0) is 19.3 Å². The van der Waals surface area contributed by atoms with Crippen LogP contribution in [0.2, 0.25) is 0 Å². The lowest BCUT2D eigenvalue weighted by Crippen LogP contribution is -2.22. The number of alkyl halides is 3. The fourth-order valence-corrected chi connectivity index (χ4v) is 6.36. The number of halogens is 6. The molecule has 250 valence electrons. The lowest BCUT2D eigenvalue weighted by Gasteiger charge is -2.25. The molecule has 1 aliphatic heterocycles. The van der Waals surface area contributed by atoms with Gasteiger partial charge in [-0.05, 0) is 112 Å². The molecule has 0 aliphatic carbocycles. The number of carbonyl (C=O) groups excluding carboxylic acids is 1. The number of hydrogen-bond donors (Lipinski definition) is 0. The summed E-state index contributed by atoms with van der Waals surface area (Å²) < 4.78 is 86.8. The average molecular weight is 658 g/mol. The van der Waals surface area contributed by atoms with E-state index in [1.54, 1.807) is 16.5 Å². The zero-order valence-corrected chi connectivity index (χ0v) is 26.2. The minimum absolute atomic E-state index is 0.0482. The number of ether oxygens (including phenoxy) is 1. The average Bonchev–Trinajstić information content (AvgIpc) is 3.27. The van der Waals surface area contributed by atoms with Crippen LogP contribution in [0.4, 0.5) is 32.0 Å². The highest BCUT2D eigenvalue weighted by molar-refractivity contribution is 5.96. The predicted octanol–water partition coefficient (Wildman–Crippen LogP) is 9.56. The summed E-state index contributed by atoms with van der Waals surface area (Å²) in [6.07, 6.45) is 2.05. The van der Waals surface area contributed by atoms with Crippen molar-refractivity contribution in [3.8, 4) is 5.75 Å². The van der Waals surface area contributed by atoms with Crippen molar-refractivity contribution in [1.29, 1.82) is 0 Å². The van der Waals surface area contributed by atoms with Crippen LogP contribution in [-0.4, -0.2) is 28.1 Å². The summed E-state index contributed by atoms with van der Waals surface area (Å²) in [4.78, 5) is 19.4. The molecular weight excluding hydrogens is 620 g/mol. The summed E-state index contributed by atoms with van der Waals surface area (Å²) in [5, 5.41) is 0. The molecule has 47 heavy (non-hydrogen) atoms. The molecule has 0 spiro atoms. The Bertz CT molecular complexity index is 1710. The number of aromatic nitrogens is 2. The van der Waals surface area contributed by atoms with E-state index in [-0.39, 0.29) is 35.9 Å². The van der Waals surface area contributed by atoms with E-state index >= 15 is 8.78 Å². The third kappa shape index (κ3) is 8.55. The van der Waals surface area contributed by atoms with E-state index in [2.05, 4.69) is 16.3 Å². The van der Waals surface area contributed by atoms with Gasteiger partial charge in [-0.3, -0.25) is 9.20 Å². The maximum Gasteiger partial charge on any atom is 0.573 e. The van der Waals surface area contributed by atoms with E-state index in [0.717, 1.165) is 18.5 Å². The van der Waals surface area contributed by atoms with E-state index in [0.29, 0.717) is 73.4 Å². The van der Waals surface area contributed by atoms with Crippen molar-refractivity contribution in [3.63, 3.8) is 0 Å². The van der Waals surface area contributed by atoms with Gasteiger partial charge in [-0.15, -0.1) is 13.2 Å². The smallest absolute Gasteiger partial charge is 0.406 e. The molecule has 2 aromatic heterocycles. The highest BCUT2D eigenvalue weighted by Crippen LogP contribution is 2.33. The lowest BCUT2D eigenvalue weighted by atomic mass is 9.91. The van der Waals surface area contributed by atoms with Gasteiger partial charge >= 0.3 is 6.36 Å². The summed E-state index contributed by atoms with van der Waals surface area (Å²) in [5.41, 5.74) is 3.52. The van der Waals surface area contributed by atoms with Gasteiger partial charge in [-0.25, -0.2) is 18.2 Å². The van der Waals surface area contributed by atoms with Crippen molar-refractivity contribution in [2.24, 2.45) is 5.92 Å². The van der Waals surface area contributed by atoms with Gasteiger partial charge in [0.05, 0.1) is 5.69 Å². The second kappa shape index (κ2) is 14.6. The second-order valence-corrected chi connectivity index (χ2v) is 12.0. The number of imidazole rings is 1. The topological polar surface area (TPSA) is 46.8 Å². The maximum absolute atomic E-state index is 15.1. The van der Waals surface area contributed by atoms with Gasteiger partial charge in [0.1, 0.15) is 34.5 Å². The van der Waals surface area contributed by atoms with Crippen molar-refractivity contribution in [2.75, 3.05) is 11.4 Å². The molecule has 0 saturated carbocycles. The van der Waals surface area contributed by atoms with Crippen molar-refractivity contribution < 1.29 is 35.9 Å². The standard InChI is InChI=1S/C36H37F6N3O2/c1-3-32-35(45-18-16-26(37)22-34(45)43-32)33(46)9-5-4-7-25-20-30(38)29(31(39)21-25)15-10-24-8-6-17-44(23(2)19-24)27-11-13-28(14-12-27)47-36(40,41)42/h11-14,16,18,20-22,24H,2-10,15,17,19H2,1H3. The van der Waals surface area contributed by atoms with Gasteiger partial charge in [0, 0.05) is 42.2 Å². The van der Waals surface area contributed by atoms with Gasteiger partial charge in [0.25, 0.3) is 0 Å². The van der Waals surface area contributed by atoms with E-state index in [1.807, 2.05) is 11.8 Å². The van der Waals surface area contributed by atoms with Crippen LogP contribution in [0.25, 0.3) is 5.65 Å². The number of allylic oxidation sites excluding steroid dienone is 1. The van der Waals surface area contributed by atoms with Crippen LogP contribution in [0.3, 0.4) is 0 Å². The van der Waals surface area contributed by atoms with Crippen molar-refractivity contribution in [1.82, 2.24) is 9.38 Å². The molecule has 1 fully saturated rings. The Kier molecular flexibility index (Phi) is 10.6. The number of rotatable bonds is 12. The first kappa shape index (κ1) is 34.1. The van der Waals surface area contributed by atoms with E-state index < -0.39 is 23.8 Å². The predicted molar refractivity (Wildman–Crippen MR) is 168 cm³/mol. The molecule has 11 heteroatoms. The van der Waals surface area contributed by atoms with Crippen molar-refractivity contribution in [3.05, 3.63) is 107 Å². The van der Waals surface area contributed by atoms with Crippen LogP contribution in [0.1, 0.15) is 79.2 Å². The van der Waals surface area contributed by atoms with Crippen molar-refractivity contribution >= 4 is 17.1 Å². The number of Topliss-reactive ketones (excluding diaryl/α,β-unsaturated/α-hetero) is 1. The van der Waals surface area contributed by atoms with Crippen LogP contribution >= 0.6 is 0 Å². The fraction of sp³-hybridized carbons (Fsp3) is 0.389. The first-order valence-corrected chi connectivity index (χ1v) is 15.9. The Hall–Kier alpha value is -4.28. The highest BCUT2D eigenvalue weighted by atomic mass is 19.4. The van der Waals surface area contributed by atoms with Gasteiger partial charge in [0.15, 0.2) is 5.78 Å². The number of pyridine rings is 1. The van der Waals surface area contributed by atoms with Gasteiger partial charge in [-0.1, -0.05) is 13.5 Å². The third-order valence-electron chi connectivity index (χ3n) is 8.66. The molecule has 1 atom stereocenters. The molecule has 1 aliphatic rings. The third-order valence-corrected chi connectivity index (χ3v) is 8.66. The van der Waals surface area contributed by atoms with Crippen LogP contribution < -0.4 is 9.64 Å². The molecule has 2 aromatic carbocycles. The zero-order valence-electron chi connectivity index (χ0n) is 26.2. The van der Waals surface area contributed by atoms with Crippen LogP contribution in [0, 0.1) is 23.4 Å². The second-order valence-electron chi connectivity index (χ2n) is 12.0. The maximum atomic E-state index is 15.1. The fourth-order valence-electron chi connectivity index (χ4n) is 6.36. The first-order chi connectivity index (χ1) is 22.4. The molecule has 1 unspecified atom stereocenters. The number of fused-ring (bicyclic) bond motifs is 1. The molecule has 0 radical (unpaired) electrons. The number of anilines is 1. The molecule has 0 amide bonds. The Labute approximate surface area is 269 Å². The van der Waals surface area contributed by atoms with Crippen molar-refractivity contribution in [2.45, 2.75) is 77.5 Å². The number of ketones is 1. The monoisotopic (exact) mass is 657 g/mol. The summed E-state index contributed by atoms with van der Waals surface area (Å²) >= 11 is 0. The quantitative estimate of drug-likeness (QED) is 0.0865. The summed E-state index contributed by atoms with van der Waals surface area (Å²) in [7, 11) is 0. The molecule has 0 bridgehead atoms. The van der Waals surface area contributed by atoms with Gasteiger partial charge in [0.2, 0.25) is 0 Å². The Morgan fingerprint density at radius 1 is 1.02 bits per heavy atom. The van der Waals surface area contributed by atoms with Gasteiger partial charge in [-0.2, -0.15) is 0 Å². The van der Waals surface area contributed by atoms with E-state index in [9.17, 15) is 22.4 Å². The van der Waals surface area contributed by atoms with Gasteiger partial charge < -0.3 is 9.64 Å². The largest absolute Gasteiger partial charge is 0.573 e. The molecule has 4 aromatic rings. The van der Waals surface area contributed by atoms with Crippen LogP contribution in [0.15, 0.2) is 67.0 Å². The summed E-state index contributed by atoms with van der Waals surface area (Å²) in [6, 6.07) is 11.0. The Morgan fingerprint density at radius 3 is 2.43 bits per heavy atom. The molecule has 3 heterocycles. The number of aryl methyl sites for hydroxylation is 2. The molecule has 5 rings (SSSR count). The molecule has 0 N–H and O–H groups in total. The SMILES string of the molecule is C=C1CC(CCc2c(F)cc(CCCCC(=O)c3c(CC)nc4cc(F)ccn34)cc2F)CCCN1c1ccc(OC(F)(F)F)cc1. The molecule has 5 nitrogen and oxygen atoms in total. The summed E-state index contributed by atoms with van der Waals surface area (Å²) in [5.74, 6) is -1.85. The summed E-state index contributed by atoms with van der Waals surface area (Å²) in [6.45, 7) is 6.70. The number of carbonyl (C=O) groups is 1. The normalized spacial score (nSPS) is 15.7. The lowest BCUT2D eigenvalue weighted by molar-refractivity contribution is -0.274. The molecular formula is C36H37F6N3O2. The number of unbranched alkanes of at least 4 members (excludes halogenated alkanes) is 1. The number of benzene rings is 2. The molecule has 1 saturated heterocycles. The minimum atomic E-state index is -4.76. The minimum Gasteiger partial charge on any atom is -0.406 e. The zero-order chi connectivity index (χ0) is 33.7. The van der Waals surface area contributed by atoms with Crippen LogP contribution in [0.5, 0.6) is 5.75 Å². The first-order valence-electron chi connectivity index (χ1n) is 15.9. The Morgan fingerprint density at radius 2 is 1.74 bits per heavy atom. The number of nitrogens with zero attached hydrogens (tertiary/aromatic N) is 3. The Balaban J connectivity index is 1.11. The van der Waals surface area contributed by atoms with E-state index in [1.165, 1.54) is 42.6 Å². The highest BCUT2D eigenvalue weighted by Gasteiger charge is 2.31. The number of hydrogen-bond acceptors (Lipinski definition) is 4. The van der Waals surface area contributed by atoms with E-state index in [4.69, 9.17) is 0 Å².